The lowest BCUT2D eigenvalue weighted by Gasteiger charge is -2.44. The van der Waals surface area contributed by atoms with Gasteiger partial charge >= 0.3 is 6.09 Å². The second-order valence-corrected chi connectivity index (χ2v) is 11.8. The Hall–Kier alpha value is -3.13. The minimum atomic E-state index is -1.14. The first-order valence-corrected chi connectivity index (χ1v) is 13.9. The zero-order valence-corrected chi connectivity index (χ0v) is 25.9. The summed E-state index contributed by atoms with van der Waals surface area (Å²) in [5, 5.41) is 14.6. The third-order valence-electron chi connectivity index (χ3n) is 7.12. The molecule has 0 unspecified atom stereocenters. The summed E-state index contributed by atoms with van der Waals surface area (Å²) in [4.78, 5) is 24.2. The number of ether oxygens (including phenoxy) is 1. The summed E-state index contributed by atoms with van der Waals surface area (Å²) in [6.07, 6.45) is 0.521. The van der Waals surface area contributed by atoms with Crippen LogP contribution in [0.2, 0.25) is 10.0 Å². The van der Waals surface area contributed by atoms with Crippen LogP contribution in [0.1, 0.15) is 63.9 Å². The Kier molecular flexibility index (Phi) is 9.55. The van der Waals surface area contributed by atoms with E-state index in [-0.39, 0.29) is 11.3 Å². The van der Waals surface area contributed by atoms with E-state index in [4.69, 9.17) is 32.9 Å². The maximum Gasteiger partial charge on any atom is 0.413 e. The van der Waals surface area contributed by atoms with Crippen LogP contribution in [-0.4, -0.2) is 47.6 Å². The summed E-state index contributed by atoms with van der Waals surface area (Å²) in [5.74, 6) is 0.796. The van der Waals surface area contributed by atoms with Crippen molar-refractivity contribution in [2.24, 2.45) is 4.99 Å². The highest BCUT2D eigenvalue weighted by molar-refractivity contribution is 6.30. The van der Waals surface area contributed by atoms with E-state index >= 15 is 0 Å². The lowest BCUT2D eigenvalue weighted by molar-refractivity contribution is 0.100. The van der Waals surface area contributed by atoms with Gasteiger partial charge in [-0.25, -0.2) is 9.69 Å². The van der Waals surface area contributed by atoms with Crippen molar-refractivity contribution in [3.8, 4) is 5.75 Å². The van der Waals surface area contributed by atoms with Gasteiger partial charge in [0.15, 0.2) is 0 Å². The van der Waals surface area contributed by atoms with Crippen molar-refractivity contribution < 1.29 is 14.6 Å². The van der Waals surface area contributed by atoms with Gasteiger partial charge in [-0.15, -0.1) is 0 Å². The SMILES string of the molecule is CCOc1cc(C(C)(C)C)ncc1C1=N[C@@](C)(c2ccc(Cl)cc2)[C@@](C)(c2ccc(Cl)cc2)N1C(=O)O.CNC. The molecule has 0 fully saturated rings. The number of benzene rings is 2. The molecule has 214 valence electrons. The van der Waals surface area contributed by atoms with Gasteiger partial charge in [-0.05, 0) is 70.3 Å². The number of nitrogens with one attached hydrogen (secondary N) is 1. The predicted molar refractivity (Wildman–Crippen MR) is 163 cm³/mol. The number of carboxylic acid groups (broad SMARTS) is 1. The molecule has 0 bridgehead atoms. The molecule has 2 atom stereocenters. The van der Waals surface area contributed by atoms with Gasteiger partial charge in [0.25, 0.3) is 0 Å². The number of hydrogen-bond acceptors (Lipinski definition) is 5. The quantitative estimate of drug-likeness (QED) is 0.324. The predicted octanol–water partition coefficient (Wildman–Crippen LogP) is 7.49. The second-order valence-electron chi connectivity index (χ2n) is 11.0. The van der Waals surface area contributed by atoms with Gasteiger partial charge in [0.1, 0.15) is 22.7 Å². The number of hydrogen-bond donors (Lipinski definition) is 2. The highest BCUT2D eigenvalue weighted by Gasteiger charge is 2.60. The Balaban J connectivity index is 0.00000141. The first-order chi connectivity index (χ1) is 18.7. The number of amidine groups is 1. The van der Waals surface area contributed by atoms with Crippen molar-refractivity contribution in [2.75, 3.05) is 20.7 Å². The van der Waals surface area contributed by atoms with E-state index in [0.29, 0.717) is 28.0 Å². The highest BCUT2D eigenvalue weighted by Crippen LogP contribution is 2.53. The Morgan fingerprint density at radius 1 is 1.00 bits per heavy atom. The van der Waals surface area contributed by atoms with Gasteiger partial charge in [0, 0.05) is 33.4 Å². The van der Waals surface area contributed by atoms with E-state index in [1.54, 1.807) is 30.5 Å². The molecule has 9 heteroatoms. The number of nitrogens with zero attached hydrogens (tertiary/aromatic N) is 3. The summed E-state index contributed by atoms with van der Waals surface area (Å²) in [6, 6.07) is 16.4. The van der Waals surface area contributed by atoms with E-state index in [0.717, 1.165) is 16.8 Å². The van der Waals surface area contributed by atoms with Crippen LogP contribution in [0.5, 0.6) is 5.75 Å². The number of amides is 1. The molecule has 3 aromatic rings. The number of aliphatic imine (C=N–C) groups is 1. The van der Waals surface area contributed by atoms with Gasteiger partial charge in [0.05, 0.1) is 12.2 Å². The zero-order chi connectivity index (χ0) is 29.9. The molecule has 0 saturated carbocycles. The number of carbonyl (C=O) groups is 1. The Labute approximate surface area is 247 Å². The molecule has 4 rings (SSSR count). The molecule has 40 heavy (non-hydrogen) atoms. The van der Waals surface area contributed by atoms with Gasteiger partial charge in [-0.2, -0.15) is 0 Å². The number of rotatable bonds is 5. The third-order valence-corrected chi connectivity index (χ3v) is 7.62. The Morgan fingerprint density at radius 2 is 1.50 bits per heavy atom. The molecule has 0 radical (unpaired) electrons. The lowest BCUT2D eigenvalue weighted by atomic mass is 9.71. The van der Waals surface area contributed by atoms with Crippen molar-refractivity contribution >= 4 is 35.1 Å². The maximum atomic E-state index is 13.0. The third kappa shape index (κ3) is 5.82. The first kappa shape index (κ1) is 31.4. The van der Waals surface area contributed by atoms with Crippen LogP contribution in [0.4, 0.5) is 4.79 Å². The highest BCUT2D eigenvalue weighted by atomic mass is 35.5. The number of halogens is 2. The van der Waals surface area contributed by atoms with E-state index < -0.39 is 17.2 Å². The minimum Gasteiger partial charge on any atom is -0.493 e. The van der Waals surface area contributed by atoms with E-state index in [2.05, 4.69) is 31.1 Å². The molecule has 2 N–H and O–H groups in total. The molecule has 0 spiro atoms. The molecule has 1 aliphatic heterocycles. The van der Waals surface area contributed by atoms with Gasteiger partial charge in [-0.3, -0.25) is 9.98 Å². The summed E-state index contributed by atoms with van der Waals surface area (Å²) >= 11 is 12.4. The topological polar surface area (TPSA) is 87.1 Å². The van der Waals surface area contributed by atoms with E-state index in [1.165, 1.54) is 4.90 Å². The molecule has 1 amide bonds. The van der Waals surface area contributed by atoms with Crippen LogP contribution >= 0.6 is 23.2 Å². The van der Waals surface area contributed by atoms with Crippen molar-refractivity contribution in [3.63, 3.8) is 0 Å². The van der Waals surface area contributed by atoms with Crippen LogP contribution in [-0.2, 0) is 16.5 Å². The molecule has 2 heterocycles. The Morgan fingerprint density at radius 3 is 1.95 bits per heavy atom. The van der Waals surface area contributed by atoms with Crippen LogP contribution in [0.25, 0.3) is 0 Å². The Bertz CT molecular complexity index is 1370. The van der Waals surface area contributed by atoms with Crippen LogP contribution in [0.15, 0.2) is 65.8 Å². The van der Waals surface area contributed by atoms with Crippen molar-refractivity contribution in [2.45, 2.75) is 58.0 Å². The monoisotopic (exact) mass is 584 g/mol. The average molecular weight is 586 g/mol. The minimum absolute atomic E-state index is 0.218. The summed E-state index contributed by atoms with van der Waals surface area (Å²) in [5.41, 5.74) is 0.519. The van der Waals surface area contributed by atoms with Crippen LogP contribution in [0.3, 0.4) is 0 Å². The fourth-order valence-electron chi connectivity index (χ4n) is 4.86. The van der Waals surface area contributed by atoms with Crippen molar-refractivity contribution in [3.05, 3.63) is 93.2 Å². The largest absolute Gasteiger partial charge is 0.493 e. The molecular formula is C31H38Cl2N4O3. The average Bonchev–Trinajstić information content (AvgIpc) is 3.13. The van der Waals surface area contributed by atoms with Gasteiger partial charge in [0.2, 0.25) is 0 Å². The molecule has 0 saturated heterocycles. The normalized spacial score (nSPS) is 20.4. The zero-order valence-electron chi connectivity index (χ0n) is 24.3. The molecule has 2 aromatic carbocycles. The number of pyridine rings is 1. The van der Waals surface area contributed by atoms with E-state index in [1.807, 2.05) is 65.2 Å². The summed E-state index contributed by atoms with van der Waals surface area (Å²) in [6.45, 7) is 12.3. The van der Waals surface area contributed by atoms with Gasteiger partial charge < -0.3 is 15.2 Å². The van der Waals surface area contributed by atoms with Crippen LogP contribution in [0, 0.1) is 0 Å². The van der Waals surface area contributed by atoms with Crippen molar-refractivity contribution in [1.29, 1.82) is 0 Å². The summed E-state index contributed by atoms with van der Waals surface area (Å²) in [7, 11) is 3.75. The first-order valence-electron chi connectivity index (χ1n) is 13.1. The maximum absolute atomic E-state index is 13.0. The van der Waals surface area contributed by atoms with Crippen LogP contribution < -0.4 is 10.1 Å². The summed E-state index contributed by atoms with van der Waals surface area (Å²) < 4.78 is 6.02. The van der Waals surface area contributed by atoms with Gasteiger partial charge in [-0.1, -0.05) is 68.2 Å². The molecule has 1 aromatic heterocycles. The number of aromatic nitrogens is 1. The standard InChI is InChI=1S/C29H31Cl2N3O3.C2H7N/c1-7-37-23-16-24(27(2,3)4)32-17-22(23)25-33-28(5,18-8-12-20(30)13-9-18)29(6,34(25)26(35)36)19-10-14-21(31)15-11-19;1-3-2/h8-17H,7H2,1-6H3,(H,35,36);3H,1-2H3/t28-,29+;/m0./s1. The molecule has 0 aliphatic carbocycles. The smallest absolute Gasteiger partial charge is 0.413 e. The van der Waals surface area contributed by atoms with E-state index in [9.17, 15) is 9.90 Å². The molecular weight excluding hydrogens is 547 g/mol. The lowest BCUT2D eigenvalue weighted by Crippen LogP contribution is -2.54. The fraction of sp³-hybridized carbons (Fsp3) is 0.387. The molecule has 7 nitrogen and oxygen atoms in total. The second kappa shape index (κ2) is 12.2. The molecule has 1 aliphatic rings. The van der Waals surface area contributed by atoms with Crippen molar-refractivity contribution in [1.82, 2.24) is 15.2 Å². The fourth-order valence-corrected chi connectivity index (χ4v) is 5.11.